The van der Waals surface area contributed by atoms with Crippen molar-refractivity contribution in [2.75, 3.05) is 37.8 Å². The SMILES string of the molecule is CC1CN(c2ncc(N)cc2Cl)CC1N(C)C. The molecule has 0 aliphatic carbocycles. The molecule has 2 heterocycles. The molecule has 0 spiro atoms. The second kappa shape index (κ2) is 4.70. The molecule has 1 aromatic rings. The van der Waals surface area contributed by atoms with Gasteiger partial charge in [0.05, 0.1) is 16.9 Å². The molecule has 0 radical (unpaired) electrons. The molecule has 17 heavy (non-hydrogen) atoms. The van der Waals surface area contributed by atoms with E-state index in [9.17, 15) is 0 Å². The normalized spacial score (nSPS) is 24.6. The van der Waals surface area contributed by atoms with E-state index in [0.29, 0.717) is 22.7 Å². The Balaban J connectivity index is 2.19. The van der Waals surface area contributed by atoms with E-state index in [2.05, 4.69) is 35.8 Å². The van der Waals surface area contributed by atoms with Crippen LogP contribution in [-0.2, 0) is 0 Å². The Morgan fingerprint density at radius 3 is 2.71 bits per heavy atom. The van der Waals surface area contributed by atoms with E-state index in [1.54, 1.807) is 12.3 Å². The molecule has 2 unspecified atom stereocenters. The highest BCUT2D eigenvalue weighted by Gasteiger charge is 2.32. The molecule has 1 fully saturated rings. The number of anilines is 2. The Bertz CT molecular complexity index is 407. The van der Waals surface area contributed by atoms with Gasteiger partial charge in [-0.2, -0.15) is 0 Å². The molecule has 0 bridgehead atoms. The summed E-state index contributed by atoms with van der Waals surface area (Å²) in [5.74, 6) is 1.46. The highest BCUT2D eigenvalue weighted by Crippen LogP contribution is 2.30. The van der Waals surface area contributed by atoms with Gasteiger partial charge in [-0.25, -0.2) is 4.98 Å². The maximum Gasteiger partial charge on any atom is 0.147 e. The number of nitrogen functional groups attached to an aromatic ring is 1. The Morgan fingerprint density at radius 2 is 2.18 bits per heavy atom. The number of nitrogens with two attached hydrogens (primary N) is 1. The monoisotopic (exact) mass is 254 g/mol. The zero-order valence-electron chi connectivity index (χ0n) is 10.5. The lowest BCUT2D eigenvalue weighted by Gasteiger charge is -2.23. The van der Waals surface area contributed by atoms with Crippen molar-refractivity contribution in [3.8, 4) is 0 Å². The van der Waals surface area contributed by atoms with Crippen LogP contribution in [0.1, 0.15) is 6.92 Å². The van der Waals surface area contributed by atoms with Crippen molar-refractivity contribution < 1.29 is 0 Å². The van der Waals surface area contributed by atoms with Crippen LogP contribution in [0.3, 0.4) is 0 Å². The van der Waals surface area contributed by atoms with Crippen LogP contribution < -0.4 is 10.6 Å². The molecule has 0 amide bonds. The Hall–Kier alpha value is -1.00. The molecule has 94 valence electrons. The van der Waals surface area contributed by atoms with Gasteiger partial charge in [-0.1, -0.05) is 18.5 Å². The summed E-state index contributed by atoms with van der Waals surface area (Å²) in [5, 5.41) is 0.636. The summed E-state index contributed by atoms with van der Waals surface area (Å²) in [4.78, 5) is 8.83. The molecular weight excluding hydrogens is 236 g/mol. The standard InChI is InChI=1S/C12H19ClN4/c1-8-6-17(7-11(8)16(2)3)12-10(13)4-9(14)5-15-12/h4-5,8,11H,6-7,14H2,1-3H3. The molecule has 2 atom stereocenters. The second-order valence-electron chi connectivity index (χ2n) is 4.99. The van der Waals surface area contributed by atoms with Crippen LogP contribution in [0.25, 0.3) is 0 Å². The van der Waals surface area contributed by atoms with Gasteiger partial charge in [0.25, 0.3) is 0 Å². The van der Waals surface area contributed by atoms with Crippen molar-refractivity contribution in [1.29, 1.82) is 0 Å². The number of aromatic nitrogens is 1. The Labute approximate surface area is 107 Å². The third kappa shape index (κ3) is 2.48. The first-order valence-electron chi connectivity index (χ1n) is 5.81. The van der Waals surface area contributed by atoms with Gasteiger partial charge in [-0.05, 0) is 26.1 Å². The van der Waals surface area contributed by atoms with Gasteiger partial charge in [0.1, 0.15) is 5.82 Å². The maximum absolute atomic E-state index is 6.19. The van der Waals surface area contributed by atoms with Gasteiger partial charge in [0, 0.05) is 19.1 Å². The van der Waals surface area contributed by atoms with Crippen molar-refractivity contribution in [1.82, 2.24) is 9.88 Å². The number of hydrogen-bond donors (Lipinski definition) is 1. The van der Waals surface area contributed by atoms with Crippen LogP contribution in [0.15, 0.2) is 12.3 Å². The summed E-state index contributed by atoms with van der Waals surface area (Å²) in [7, 11) is 4.23. The Morgan fingerprint density at radius 1 is 1.47 bits per heavy atom. The maximum atomic E-state index is 6.19. The van der Waals surface area contributed by atoms with Crippen molar-refractivity contribution >= 4 is 23.1 Å². The molecule has 5 heteroatoms. The molecular formula is C12H19ClN4. The highest BCUT2D eigenvalue weighted by molar-refractivity contribution is 6.33. The summed E-state index contributed by atoms with van der Waals surface area (Å²) in [6.45, 7) is 4.21. The number of nitrogens with zero attached hydrogens (tertiary/aromatic N) is 3. The number of halogens is 1. The minimum Gasteiger partial charge on any atom is -0.397 e. The minimum absolute atomic E-state index is 0.547. The van der Waals surface area contributed by atoms with Crippen LogP contribution in [0.5, 0.6) is 0 Å². The lowest BCUT2D eigenvalue weighted by Crippen LogP contribution is -2.34. The third-order valence-electron chi connectivity index (χ3n) is 3.38. The molecule has 2 N–H and O–H groups in total. The largest absolute Gasteiger partial charge is 0.397 e. The number of likely N-dealkylation sites (N-methyl/N-ethyl adjacent to an activating group) is 1. The zero-order chi connectivity index (χ0) is 12.6. The van der Waals surface area contributed by atoms with E-state index < -0.39 is 0 Å². The summed E-state index contributed by atoms with van der Waals surface area (Å²) >= 11 is 6.19. The van der Waals surface area contributed by atoms with Crippen LogP contribution in [-0.4, -0.2) is 43.1 Å². The van der Waals surface area contributed by atoms with E-state index in [4.69, 9.17) is 17.3 Å². The summed E-state index contributed by atoms with van der Waals surface area (Å²) in [6.07, 6.45) is 1.66. The molecule has 0 saturated carbocycles. The predicted octanol–water partition coefficient (Wildman–Crippen LogP) is 1.70. The lowest BCUT2D eigenvalue weighted by atomic mass is 10.1. The van der Waals surface area contributed by atoms with E-state index >= 15 is 0 Å². The summed E-state index contributed by atoms with van der Waals surface area (Å²) in [6, 6.07) is 2.31. The van der Waals surface area contributed by atoms with Crippen LogP contribution in [0, 0.1) is 5.92 Å². The van der Waals surface area contributed by atoms with E-state index in [1.807, 2.05) is 0 Å². The van der Waals surface area contributed by atoms with Gasteiger partial charge in [-0.15, -0.1) is 0 Å². The average molecular weight is 255 g/mol. The fourth-order valence-corrected chi connectivity index (χ4v) is 2.77. The first-order chi connectivity index (χ1) is 7.99. The van der Waals surface area contributed by atoms with Crippen molar-refractivity contribution in [3.63, 3.8) is 0 Å². The van der Waals surface area contributed by atoms with Crippen LogP contribution in [0.2, 0.25) is 5.02 Å². The van der Waals surface area contributed by atoms with Gasteiger partial charge in [0.2, 0.25) is 0 Å². The highest BCUT2D eigenvalue weighted by atomic mass is 35.5. The number of pyridine rings is 1. The van der Waals surface area contributed by atoms with Crippen molar-refractivity contribution in [3.05, 3.63) is 17.3 Å². The molecule has 1 aromatic heterocycles. The molecule has 0 aromatic carbocycles. The van der Waals surface area contributed by atoms with Gasteiger partial charge >= 0.3 is 0 Å². The van der Waals surface area contributed by atoms with Gasteiger partial charge in [-0.3, -0.25) is 0 Å². The quantitative estimate of drug-likeness (QED) is 0.873. The fourth-order valence-electron chi connectivity index (χ4n) is 2.47. The molecule has 1 aliphatic heterocycles. The van der Waals surface area contributed by atoms with Gasteiger partial charge < -0.3 is 15.5 Å². The molecule has 1 aliphatic rings. The topological polar surface area (TPSA) is 45.4 Å². The summed E-state index contributed by atoms with van der Waals surface area (Å²) in [5.41, 5.74) is 6.26. The van der Waals surface area contributed by atoms with E-state index in [0.717, 1.165) is 18.9 Å². The number of rotatable bonds is 2. The molecule has 2 rings (SSSR count). The van der Waals surface area contributed by atoms with E-state index in [-0.39, 0.29) is 0 Å². The lowest BCUT2D eigenvalue weighted by molar-refractivity contribution is 0.266. The first-order valence-corrected chi connectivity index (χ1v) is 6.19. The predicted molar refractivity (Wildman–Crippen MR) is 72.5 cm³/mol. The second-order valence-corrected chi connectivity index (χ2v) is 5.39. The fraction of sp³-hybridized carbons (Fsp3) is 0.583. The smallest absolute Gasteiger partial charge is 0.147 e. The molecule has 4 nitrogen and oxygen atoms in total. The molecule has 1 saturated heterocycles. The van der Waals surface area contributed by atoms with E-state index in [1.165, 1.54) is 0 Å². The first kappa shape index (κ1) is 12.5. The third-order valence-corrected chi connectivity index (χ3v) is 3.66. The van der Waals surface area contributed by atoms with Crippen LogP contribution >= 0.6 is 11.6 Å². The van der Waals surface area contributed by atoms with Gasteiger partial charge in [0.15, 0.2) is 0 Å². The minimum atomic E-state index is 0.547. The van der Waals surface area contributed by atoms with Crippen LogP contribution in [0.4, 0.5) is 11.5 Å². The summed E-state index contributed by atoms with van der Waals surface area (Å²) < 4.78 is 0. The van der Waals surface area contributed by atoms with Crippen molar-refractivity contribution in [2.45, 2.75) is 13.0 Å². The Kier molecular flexibility index (Phi) is 3.45. The van der Waals surface area contributed by atoms with Crippen molar-refractivity contribution in [2.24, 2.45) is 5.92 Å². The average Bonchev–Trinajstić information content (AvgIpc) is 2.60. The zero-order valence-corrected chi connectivity index (χ0v) is 11.3. The number of hydrogen-bond acceptors (Lipinski definition) is 4.